The standard InChI is InChI=1S/C22H19BrN4O/c1-2-13-5-3-4-6-18(13)26-20-16-11-19(14-7-9-15(23)10-8-14)27-22(16)25-12-17(20)21(24)28/h3-12H,2H2,1H3,(H2,24,28)(H2,25,26,27). The maximum Gasteiger partial charge on any atom is 0.252 e. The molecule has 4 N–H and O–H groups in total. The van der Waals surface area contributed by atoms with Crippen LogP contribution in [0.15, 0.2) is 65.3 Å². The number of aromatic nitrogens is 2. The van der Waals surface area contributed by atoms with E-state index in [1.165, 1.54) is 6.20 Å². The number of hydrogen-bond donors (Lipinski definition) is 3. The lowest BCUT2D eigenvalue weighted by Crippen LogP contribution is -2.14. The number of aryl methyl sites for hydroxylation is 1. The fourth-order valence-electron chi connectivity index (χ4n) is 3.27. The van der Waals surface area contributed by atoms with Gasteiger partial charge in [-0.2, -0.15) is 0 Å². The smallest absolute Gasteiger partial charge is 0.252 e. The zero-order valence-corrected chi connectivity index (χ0v) is 16.9. The highest BCUT2D eigenvalue weighted by Crippen LogP contribution is 2.33. The van der Waals surface area contributed by atoms with Crippen molar-refractivity contribution >= 4 is 44.2 Å². The lowest BCUT2D eigenvalue weighted by Gasteiger charge is -2.14. The summed E-state index contributed by atoms with van der Waals surface area (Å²) in [6.45, 7) is 2.10. The number of rotatable bonds is 5. The lowest BCUT2D eigenvalue weighted by molar-refractivity contribution is 0.100. The van der Waals surface area contributed by atoms with Crippen LogP contribution in [0.3, 0.4) is 0 Å². The Morgan fingerprint density at radius 2 is 1.93 bits per heavy atom. The van der Waals surface area contributed by atoms with Crippen LogP contribution in [-0.4, -0.2) is 15.9 Å². The molecule has 6 heteroatoms. The van der Waals surface area contributed by atoms with Crippen LogP contribution in [0.4, 0.5) is 11.4 Å². The number of H-pyrrole nitrogens is 1. The highest BCUT2D eigenvalue weighted by atomic mass is 79.9. The molecule has 5 nitrogen and oxygen atoms in total. The minimum absolute atomic E-state index is 0.361. The van der Waals surface area contributed by atoms with E-state index >= 15 is 0 Å². The third-order valence-corrected chi connectivity index (χ3v) is 5.27. The van der Waals surface area contributed by atoms with E-state index in [0.29, 0.717) is 16.9 Å². The Bertz CT molecular complexity index is 1170. The van der Waals surface area contributed by atoms with Crippen molar-refractivity contribution in [2.75, 3.05) is 5.32 Å². The fourth-order valence-corrected chi connectivity index (χ4v) is 3.53. The first-order valence-electron chi connectivity index (χ1n) is 8.99. The van der Waals surface area contributed by atoms with Gasteiger partial charge in [0.15, 0.2) is 0 Å². The van der Waals surface area contributed by atoms with Crippen LogP contribution in [0, 0.1) is 0 Å². The van der Waals surface area contributed by atoms with Gasteiger partial charge in [0.2, 0.25) is 0 Å². The van der Waals surface area contributed by atoms with Crippen molar-refractivity contribution in [1.82, 2.24) is 9.97 Å². The zero-order valence-electron chi connectivity index (χ0n) is 15.3. The molecule has 0 aliphatic rings. The number of halogens is 1. The molecule has 0 aliphatic carbocycles. The number of nitrogens with zero attached hydrogens (tertiary/aromatic N) is 1. The van der Waals surface area contributed by atoms with Crippen molar-refractivity contribution in [3.8, 4) is 11.3 Å². The first kappa shape index (κ1) is 18.3. The number of amides is 1. The Labute approximate surface area is 171 Å². The number of carbonyl (C=O) groups is 1. The number of nitrogens with two attached hydrogens (primary N) is 1. The van der Waals surface area contributed by atoms with Crippen LogP contribution in [0.2, 0.25) is 0 Å². The highest BCUT2D eigenvalue weighted by Gasteiger charge is 2.17. The summed E-state index contributed by atoms with van der Waals surface area (Å²) in [7, 11) is 0. The van der Waals surface area contributed by atoms with Gasteiger partial charge in [-0.05, 0) is 41.8 Å². The molecule has 0 saturated heterocycles. The second-order valence-corrected chi connectivity index (χ2v) is 7.41. The number of pyridine rings is 1. The summed E-state index contributed by atoms with van der Waals surface area (Å²) in [6.07, 6.45) is 2.39. The number of primary amides is 1. The third-order valence-electron chi connectivity index (χ3n) is 4.74. The molecule has 0 atom stereocenters. The normalized spacial score (nSPS) is 10.9. The monoisotopic (exact) mass is 434 g/mol. The van der Waals surface area contributed by atoms with E-state index in [4.69, 9.17) is 5.73 Å². The molecule has 28 heavy (non-hydrogen) atoms. The van der Waals surface area contributed by atoms with Gasteiger partial charge in [0, 0.05) is 27.4 Å². The van der Waals surface area contributed by atoms with E-state index in [9.17, 15) is 4.79 Å². The number of hydrogen-bond acceptors (Lipinski definition) is 3. The van der Waals surface area contributed by atoms with Crippen molar-refractivity contribution < 1.29 is 4.79 Å². The third kappa shape index (κ3) is 3.39. The van der Waals surface area contributed by atoms with Crippen molar-refractivity contribution in [3.05, 3.63) is 76.4 Å². The predicted molar refractivity (Wildman–Crippen MR) is 117 cm³/mol. The van der Waals surface area contributed by atoms with Crippen molar-refractivity contribution in [1.29, 1.82) is 0 Å². The second kappa shape index (κ2) is 7.48. The maximum absolute atomic E-state index is 12.1. The molecule has 140 valence electrons. The molecule has 0 bridgehead atoms. The first-order chi connectivity index (χ1) is 13.6. The number of fused-ring (bicyclic) bond motifs is 1. The van der Waals surface area contributed by atoms with Crippen molar-refractivity contribution in [2.24, 2.45) is 5.73 Å². The molecule has 2 heterocycles. The molecule has 0 saturated carbocycles. The van der Waals surface area contributed by atoms with E-state index in [-0.39, 0.29) is 0 Å². The molecule has 4 aromatic rings. The molecule has 0 fully saturated rings. The summed E-state index contributed by atoms with van der Waals surface area (Å²) >= 11 is 3.46. The number of para-hydroxylation sites is 1. The average Bonchev–Trinajstić information content (AvgIpc) is 3.13. The van der Waals surface area contributed by atoms with Crippen LogP contribution < -0.4 is 11.1 Å². The topological polar surface area (TPSA) is 83.8 Å². The minimum atomic E-state index is -0.516. The largest absolute Gasteiger partial charge is 0.365 e. The molecular formula is C22H19BrN4O. The molecule has 0 aliphatic heterocycles. The summed E-state index contributed by atoms with van der Waals surface area (Å²) in [4.78, 5) is 19.8. The fraction of sp³-hybridized carbons (Fsp3) is 0.0909. The van der Waals surface area contributed by atoms with Crippen LogP contribution >= 0.6 is 15.9 Å². The van der Waals surface area contributed by atoms with E-state index in [1.807, 2.05) is 48.5 Å². The van der Waals surface area contributed by atoms with Gasteiger partial charge in [0.05, 0.1) is 11.3 Å². The summed E-state index contributed by atoms with van der Waals surface area (Å²) in [5, 5.41) is 4.24. The van der Waals surface area contributed by atoms with Gasteiger partial charge >= 0.3 is 0 Å². The molecule has 0 spiro atoms. The van der Waals surface area contributed by atoms with Gasteiger partial charge in [-0.3, -0.25) is 4.79 Å². The summed E-state index contributed by atoms with van der Waals surface area (Å²) in [5.74, 6) is -0.516. The Kier molecular flexibility index (Phi) is 4.88. The first-order valence-corrected chi connectivity index (χ1v) is 9.78. The van der Waals surface area contributed by atoms with Crippen molar-refractivity contribution in [2.45, 2.75) is 13.3 Å². The van der Waals surface area contributed by atoms with Gasteiger partial charge in [0.1, 0.15) is 5.65 Å². The van der Waals surface area contributed by atoms with Crippen LogP contribution in [0.1, 0.15) is 22.8 Å². The van der Waals surface area contributed by atoms with Crippen LogP contribution in [0.5, 0.6) is 0 Å². The number of benzene rings is 2. The Balaban J connectivity index is 1.88. The number of anilines is 2. The Hall–Kier alpha value is -3.12. The molecule has 0 radical (unpaired) electrons. The SMILES string of the molecule is CCc1ccccc1Nc1c(C(N)=O)cnc2[nH]c(-c3ccc(Br)cc3)cc12. The van der Waals surface area contributed by atoms with Gasteiger partial charge in [-0.25, -0.2) is 4.98 Å². The number of nitrogens with one attached hydrogen (secondary N) is 2. The molecule has 1 amide bonds. The average molecular weight is 435 g/mol. The quantitative estimate of drug-likeness (QED) is 0.393. The van der Waals surface area contributed by atoms with Crippen LogP contribution in [0.25, 0.3) is 22.3 Å². The van der Waals surface area contributed by atoms with E-state index in [0.717, 1.165) is 38.8 Å². The number of aromatic amines is 1. The molecule has 4 rings (SSSR count). The maximum atomic E-state index is 12.1. The Morgan fingerprint density at radius 1 is 1.18 bits per heavy atom. The number of carbonyl (C=O) groups excluding carboxylic acids is 1. The van der Waals surface area contributed by atoms with Gasteiger partial charge in [-0.15, -0.1) is 0 Å². The van der Waals surface area contributed by atoms with Gasteiger partial charge < -0.3 is 16.0 Å². The molecule has 2 aromatic carbocycles. The van der Waals surface area contributed by atoms with Crippen LogP contribution in [-0.2, 0) is 6.42 Å². The highest BCUT2D eigenvalue weighted by molar-refractivity contribution is 9.10. The minimum Gasteiger partial charge on any atom is -0.365 e. The molecule has 2 aromatic heterocycles. The zero-order chi connectivity index (χ0) is 19.7. The van der Waals surface area contributed by atoms with E-state index in [2.05, 4.69) is 44.2 Å². The lowest BCUT2D eigenvalue weighted by atomic mass is 10.1. The van der Waals surface area contributed by atoms with E-state index in [1.54, 1.807) is 0 Å². The summed E-state index contributed by atoms with van der Waals surface area (Å²) in [5.41, 5.74) is 11.4. The van der Waals surface area contributed by atoms with Crippen molar-refractivity contribution in [3.63, 3.8) is 0 Å². The summed E-state index contributed by atoms with van der Waals surface area (Å²) in [6, 6.07) is 18.0. The second-order valence-electron chi connectivity index (χ2n) is 6.50. The Morgan fingerprint density at radius 3 is 2.64 bits per heavy atom. The van der Waals surface area contributed by atoms with E-state index < -0.39 is 5.91 Å². The predicted octanol–water partition coefficient (Wildman–Crippen LogP) is 5.40. The van der Waals surface area contributed by atoms with Gasteiger partial charge in [0.25, 0.3) is 5.91 Å². The summed E-state index contributed by atoms with van der Waals surface area (Å²) < 4.78 is 1.01. The molecule has 0 unspecified atom stereocenters. The van der Waals surface area contributed by atoms with Gasteiger partial charge in [-0.1, -0.05) is 53.2 Å². The molecular weight excluding hydrogens is 416 g/mol.